The van der Waals surface area contributed by atoms with Gasteiger partial charge in [0.05, 0.1) is 45.2 Å². The van der Waals surface area contributed by atoms with Gasteiger partial charge in [0.2, 0.25) is 5.95 Å². The van der Waals surface area contributed by atoms with Gasteiger partial charge in [0.15, 0.2) is 11.6 Å². The molecule has 0 aliphatic carbocycles. The van der Waals surface area contributed by atoms with Crippen LogP contribution in [0.3, 0.4) is 0 Å². The highest BCUT2D eigenvalue weighted by Gasteiger charge is 2.45. The molecule has 0 saturated heterocycles. The summed E-state index contributed by atoms with van der Waals surface area (Å²) >= 11 is 0. The van der Waals surface area contributed by atoms with E-state index in [2.05, 4.69) is 452 Å². The second-order valence-corrected chi connectivity index (χ2v) is 34.5. The summed E-state index contributed by atoms with van der Waals surface area (Å²) in [7, 11) is 0. The van der Waals surface area contributed by atoms with Crippen molar-refractivity contribution in [2.45, 2.75) is 0 Å². The van der Waals surface area contributed by atoms with E-state index in [4.69, 9.17) is 15.0 Å². The van der Waals surface area contributed by atoms with Gasteiger partial charge in [-0.2, -0.15) is 9.97 Å². The first-order valence-corrected chi connectivity index (χ1v) is 44.7. The fraction of sp³-hybridized carbons (Fsp3) is 0. The third kappa shape index (κ3) is 11.5. The van der Waals surface area contributed by atoms with E-state index in [0.29, 0.717) is 17.6 Å². The molecule has 19 aromatic carbocycles. The Kier molecular flexibility index (Phi) is 16.5. The number of benzene rings is 19. The van der Waals surface area contributed by atoms with Crippen molar-refractivity contribution in [1.29, 1.82) is 0 Å². The molecule has 0 bridgehead atoms. The standard InChI is InChI=1S/C117H75B3N10/c1-3-26-77(27-4-1)115-121-116(78-28-5-2-6-29-78)123-117(122-115)126-105-40-14-13-34-96(105)103-75-92(61-62-106(103)126)129-111-45-24-39-93(114(111)125-67-22-20-64-119(125)129)86-51-52-87-74-101(94-32-7-8-33-95(94)102(87)73-86)85-31-23-30-79(69-85)80-47-48-84-72-91(60-57-83(84)68-80)128-109-43-17-18-44-110(109)130-104(46-25-65-120(128)130)88-53-49-82-71-89(54-50-81(82)70-88)113-99-37-11-9-35-97(99)112(98-36-10-12-38-100(98)113)76-55-58-90(59-56-76)127-108-42-16-15-41-107(108)124-66-21-19-63-118(124)127/h1-75H. The summed E-state index contributed by atoms with van der Waals surface area (Å²) in [5.41, 5.74) is 28.6. The Morgan fingerprint density at radius 2 is 0.685 bits per heavy atom. The number of allylic oxidation sites excluding steroid dienone is 6. The highest BCUT2D eigenvalue weighted by Crippen LogP contribution is 2.55. The van der Waals surface area contributed by atoms with Gasteiger partial charge in [0, 0.05) is 50.2 Å². The van der Waals surface area contributed by atoms with Crippen LogP contribution in [0.25, 0.3) is 176 Å². The van der Waals surface area contributed by atoms with Gasteiger partial charge < -0.3 is 28.9 Å². The molecule has 0 amide bonds. The van der Waals surface area contributed by atoms with Gasteiger partial charge >= 0.3 is 20.9 Å². The number of rotatable bonds is 12. The summed E-state index contributed by atoms with van der Waals surface area (Å²) in [6.45, 7) is -0.103. The number of aromatic nitrogens is 4. The zero-order valence-electron chi connectivity index (χ0n) is 70.5. The molecule has 0 fully saturated rings. The second-order valence-electron chi connectivity index (χ2n) is 34.5. The number of fused-ring (bicyclic) bond motifs is 19. The lowest BCUT2D eigenvalue weighted by atomic mass is 9.69. The SMILES string of the molecule is C1=CB2N(C=C1)c1ccccc1N2c1ccc(-c2c3ccccc3c(-c3ccc4cc(C5=CC=CB6N5c5ccccc5N6c5ccc6cc(-c7cccc(-c8cc9ccc(-c%10cccc%11c%10N%10C=CC=CB%10N%11c%10ccc%11c(c%10)c%10ccccc%10n%11-c%10nc(-c%11ccccc%11)nc(-c%11ccccc%11)n%10)cc9c9ccccc89)c7)ccc6c5)ccc4c3)c3ccccc23)cc1. The van der Waals surface area contributed by atoms with Crippen LogP contribution in [0.5, 0.6) is 0 Å². The first kappa shape index (κ1) is 73.4. The Labute approximate surface area is 752 Å². The van der Waals surface area contributed by atoms with Gasteiger partial charge in [-0.25, -0.2) is 4.98 Å². The third-order valence-corrected chi connectivity index (χ3v) is 27.5. The molecule has 130 heavy (non-hydrogen) atoms. The van der Waals surface area contributed by atoms with Crippen LogP contribution >= 0.6 is 0 Å². The van der Waals surface area contributed by atoms with Crippen molar-refractivity contribution in [2.24, 2.45) is 0 Å². The zero-order valence-corrected chi connectivity index (χ0v) is 70.5. The van der Waals surface area contributed by atoms with Crippen molar-refractivity contribution in [1.82, 2.24) is 19.5 Å². The molecule has 0 spiro atoms. The number of anilines is 9. The van der Waals surface area contributed by atoms with Gasteiger partial charge in [0.25, 0.3) is 0 Å². The smallest absolute Gasteiger partial charge is 0.367 e. The van der Waals surface area contributed by atoms with E-state index < -0.39 is 0 Å². The van der Waals surface area contributed by atoms with Crippen LogP contribution < -0.4 is 28.9 Å². The minimum atomic E-state index is -0.103. The van der Waals surface area contributed by atoms with E-state index in [1.807, 2.05) is 36.4 Å². The molecule has 0 radical (unpaired) electrons. The van der Waals surface area contributed by atoms with Gasteiger partial charge in [-0.3, -0.25) is 4.57 Å². The maximum Gasteiger partial charge on any atom is 0.413 e. The number of para-hydroxylation sites is 6. The van der Waals surface area contributed by atoms with Gasteiger partial charge in [-0.05, 0) is 266 Å². The van der Waals surface area contributed by atoms with Crippen LogP contribution in [0.1, 0.15) is 5.56 Å². The summed E-state index contributed by atoms with van der Waals surface area (Å²) in [6, 6.07) is 143. The van der Waals surface area contributed by atoms with Crippen LogP contribution in [0.15, 0.2) is 455 Å². The van der Waals surface area contributed by atoms with Crippen molar-refractivity contribution in [2.75, 3.05) is 28.9 Å². The molecular formula is C117H75B3N10. The highest BCUT2D eigenvalue weighted by molar-refractivity contribution is 6.79. The molecule has 21 aromatic rings. The first-order valence-electron chi connectivity index (χ1n) is 44.7. The van der Waals surface area contributed by atoms with Gasteiger partial charge in [0.1, 0.15) is 0 Å². The van der Waals surface area contributed by atoms with E-state index in [1.54, 1.807) is 0 Å². The molecule has 0 N–H and O–H groups in total. The van der Waals surface area contributed by atoms with E-state index in [0.717, 1.165) is 72.6 Å². The Hall–Kier alpha value is -17.0. The maximum atomic E-state index is 5.22. The summed E-state index contributed by atoms with van der Waals surface area (Å²) in [5.74, 6) is 8.72. The Balaban J connectivity index is 0.467. The van der Waals surface area contributed by atoms with Crippen LogP contribution in [0.2, 0.25) is 0 Å². The van der Waals surface area contributed by atoms with Crippen LogP contribution in [-0.2, 0) is 0 Å². The molecule has 0 atom stereocenters. The molecule has 2 aromatic heterocycles. The topological polar surface area (TPSA) is 63.0 Å². The van der Waals surface area contributed by atoms with Crippen molar-refractivity contribution in [3.05, 3.63) is 461 Å². The first-order chi connectivity index (χ1) is 64.5. The fourth-order valence-corrected chi connectivity index (χ4v) is 21.6. The fourth-order valence-electron chi connectivity index (χ4n) is 21.6. The Bertz CT molecular complexity index is 8480. The van der Waals surface area contributed by atoms with Crippen molar-refractivity contribution in [3.63, 3.8) is 0 Å². The van der Waals surface area contributed by atoms with E-state index >= 15 is 0 Å². The molecule has 6 aliphatic rings. The van der Waals surface area contributed by atoms with Gasteiger partial charge in [-0.1, -0.05) is 309 Å². The molecule has 8 heterocycles. The minimum absolute atomic E-state index is 0.0834. The van der Waals surface area contributed by atoms with Gasteiger partial charge in [-0.15, -0.1) is 0 Å². The number of hydrogen-bond donors (Lipinski definition) is 0. The summed E-state index contributed by atoms with van der Waals surface area (Å²) in [5, 5.41) is 16.8. The Morgan fingerprint density at radius 1 is 0.223 bits per heavy atom. The second kappa shape index (κ2) is 29.3. The monoisotopic (exact) mass is 1650 g/mol. The summed E-state index contributed by atoms with van der Waals surface area (Å²) in [4.78, 5) is 30.2. The lowest BCUT2D eigenvalue weighted by Crippen LogP contribution is -2.44. The summed E-state index contributed by atoms with van der Waals surface area (Å²) < 4.78 is 2.20. The molecule has 27 rings (SSSR count). The number of nitrogens with zero attached hydrogens (tertiary/aromatic N) is 10. The molecular weight excluding hydrogens is 1580 g/mol. The van der Waals surface area contributed by atoms with Crippen LogP contribution in [0.4, 0.5) is 51.2 Å². The maximum absolute atomic E-state index is 5.22. The third-order valence-electron chi connectivity index (χ3n) is 27.5. The van der Waals surface area contributed by atoms with Crippen molar-refractivity contribution in [3.8, 4) is 84.4 Å². The molecule has 6 aliphatic heterocycles. The highest BCUT2D eigenvalue weighted by atomic mass is 15.3. The minimum Gasteiger partial charge on any atom is -0.367 e. The van der Waals surface area contributed by atoms with Crippen LogP contribution in [0, 0.1) is 0 Å². The van der Waals surface area contributed by atoms with Crippen molar-refractivity contribution >= 4 is 164 Å². The average Bonchev–Trinajstić information content (AvgIpc) is 1.50. The molecule has 0 saturated carbocycles. The van der Waals surface area contributed by atoms with Crippen molar-refractivity contribution < 1.29 is 0 Å². The molecule has 602 valence electrons. The zero-order chi connectivity index (χ0) is 85.2. The van der Waals surface area contributed by atoms with E-state index in [1.165, 1.54) is 143 Å². The van der Waals surface area contributed by atoms with E-state index in [9.17, 15) is 0 Å². The summed E-state index contributed by atoms with van der Waals surface area (Å²) in [6.07, 6.45) is 17.5. The largest absolute Gasteiger partial charge is 0.413 e. The molecule has 13 heteroatoms. The van der Waals surface area contributed by atoms with Crippen LogP contribution in [-0.4, -0.2) is 40.5 Å². The normalized spacial score (nSPS) is 14.1. The Morgan fingerprint density at radius 3 is 1.41 bits per heavy atom. The molecule has 0 unspecified atom stereocenters. The quantitative estimate of drug-likeness (QED) is 0.0676. The predicted octanol–water partition coefficient (Wildman–Crippen LogP) is 29.3. The van der Waals surface area contributed by atoms with E-state index in [-0.39, 0.29) is 20.9 Å². The molecule has 10 nitrogen and oxygen atoms in total. The predicted molar refractivity (Wildman–Crippen MR) is 548 cm³/mol. The lowest BCUT2D eigenvalue weighted by molar-refractivity contribution is 0.953. The number of hydrogen-bond acceptors (Lipinski definition) is 9. The average molecular weight is 1650 g/mol. The lowest BCUT2D eigenvalue weighted by Gasteiger charge is -2.32.